The Morgan fingerprint density at radius 2 is 1.67 bits per heavy atom. The molecule has 1 N–H and O–H groups in total. The van der Waals surface area contributed by atoms with Crippen LogP contribution in [0, 0.1) is 28.7 Å². The first kappa shape index (κ1) is 12.9. The van der Waals surface area contributed by atoms with E-state index in [1.54, 1.807) is 0 Å². The number of halogens is 1. The van der Waals surface area contributed by atoms with Gasteiger partial charge in [-0.25, -0.2) is 0 Å². The molecule has 0 saturated carbocycles. The van der Waals surface area contributed by atoms with Gasteiger partial charge in [0.2, 0.25) is 0 Å². The lowest BCUT2D eigenvalue weighted by molar-refractivity contribution is 1.38. The maximum Gasteiger partial charge on any atom is 0.0994 e. The monoisotopic (exact) mass is 348 g/mol. The van der Waals surface area contributed by atoms with Crippen LogP contribution in [0.4, 0.5) is 11.4 Å². The molecule has 18 heavy (non-hydrogen) atoms. The minimum absolute atomic E-state index is 0.721. The summed E-state index contributed by atoms with van der Waals surface area (Å²) in [5, 5.41) is 12.2. The van der Waals surface area contributed by atoms with Crippen LogP contribution in [0.1, 0.15) is 16.7 Å². The Morgan fingerprint density at radius 1 is 1.00 bits per heavy atom. The molecule has 0 aliphatic rings. The molecule has 90 valence electrons. The van der Waals surface area contributed by atoms with Gasteiger partial charge < -0.3 is 5.32 Å². The lowest BCUT2D eigenvalue weighted by Gasteiger charge is -2.09. The van der Waals surface area contributed by atoms with E-state index in [1.165, 1.54) is 9.13 Å². The summed E-state index contributed by atoms with van der Waals surface area (Å²) in [6.07, 6.45) is 0. The zero-order valence-electron chi connectivity index (χ0n) is 10.3. The second-order valence-corrected chi connectivity index (χ2v) is 5.39. The molecule has 2 nitrogen and oxygen atoms in total. The molecule has 0 amide bonds. The molecule has 0 aliphatic heterocycles. The predicted molar refractivity (Wildman–Crippen MR) is 83.1 cm³/mol. The van der Waals surface area contributed by atoms with E-state index < -0.39 is 0 Å². The smallest absolute Gasteiger partial charge is 0.0994 e. The number of hydrogen-bond donors (Lipinski definition) is 1. The van der Waals surface area contributed by atoms with Gasteiger partial charge in [0.05, 0.1) is 11.6 Å². The van der Waals surface area contributed by atoms with Gasteiger partial charge in [-0.05, 0) is 77.9 Å². The van der Waals surface area contributed by atoms with E-state index in [1.807, 2.05) is 25.1 Å². The topological polar surface area (TPSA) is 35.8 Å². The lowest BCUT2D eigenvalue weighted by Crippen LogP contribution is -1.93. The van der Waals surface area contributed by atoms with Crippen molar-refractivity contribution in [2.75, 3.05) is 5.32 Å². The number of nitriles is 1. The molecule has 2 aromatic rings. The van der Waals surface area contributed by atoms with Crippen molar-refractivity contribution in [1.82, 2.24) is 0 Å². The first-order valence-electron chi connectivity index (χ1n) is 5.64. The Bertz CT molecular complexity index is 627. The van der Waals surface area contributed by atoms with E-state index in [0.29, 0.717) is 0 Å². The molecule has 0 saturated heterocycles. The minimum atomic E-state index is 0.721. The summed E-state index contributed by atoms with van der Waals surface area (Å²) in [6, 6.07) is 14.2. The van der Waals surface area contributed by atoms with E-state index in [0.717, 1.165) is 22.5 Å². The van der Waals surface area contributed by atoms with E-state index in [2.05, 4.69) is 59.1 Å². The van der Waals surface area contributed by atoms with Crippen LogP contribution in [0.3, 0.4) is 0 Å². The molecule has 0 fully saturated rings. The predicted octanol–water partition coefficient (Wildman–Crippen LogP) is 4.52. The van der Waals surface area contributed by atoms with Crippen molar-refractivity contribution in [2.45, 2.75) is 13.8 Å². The molecule has 0 radical (unpaired) electrons. The third kappa shape index (κ3) is 2.82. The SMILES string of the molecule is Cc1ccc(Nc2ccc(C#N)c(C)c2)cc1I. The van der Waals surface area contributed by atoms with Gasteiger partial charge in [0.25, 0.3) is 0 Å². The minimum Gasteiger partial charge on any atom is -0.355 e. The Kier molecular flexibility index (Phi) is 3.87. The van der Waals surface area contributed by atoms with Crippen LogP contribution < -0.4 is 5.32 Å². The van der Waals surface area contributed by atoms with Gasteiger partial charge in [-0.15, -0.1) is 0 Å². The summed E-state index contributed by atoms with van der Waals surface area (Å²) in [7, 11) is 0. The molecule has 0 heterocycles. The molecular weight excluding hydrogens is 335 g/mol. The summed E-state index contributed by atoms with van der Waals surface area (Å²) >= 11 is 2.33. The fraction of sp³-hybridized carbons (Fsp3) is 0.133. The molecule has 0 unspecified atom stereocenters. The molecule has 0 aliphatic carbocycles. The van der Waals surface area contributed by atoms with Crippen LogP contribution >= 0.6 is 22.6 Å². The van der Waals surface area contributed by atoms with E-state index in [4.69, 9.17) is 5.26 Å². The van der Waals surface area contributed by atoms with E-state index in [9.17, 15) is 0 Å². The number of benzene rings is 2. The van der Waals surface area contributed by atoms with Gasteiger partial charge in [0.15, 0.2) is 0 Å². The highest BCUT2D eigenvalue weighted by molar-refractivity contribution is 14.1. The Balaban J connectivity index is 2.26. The largest absolute Gasteiger partial charge is 0.355 e. The molecule has 0 spiro atoms. The third-order valence-electron chi connectivity index (χ3n) is 2.81. The summed E-state index contributed by atoms with van der Waals surface area (Å²) in [4.78, 5) is 0. The molecule has 2 aromatic carbocycles. The first-order chi connectivity index (χ1) is 8.60. The number of hydrogen-bond acceptors (Lipinski definition) is 2. The van der Waals surface area contributed by atoms with Crippen molar-refractivity contribution in [1.29, 1.82) is 5.26 Å². The second kappa shape index (κ2) is 5.40. The molecule has 3 heteroatoms. The summed E-state index contributed by atoms with van der Waals surface area (Å²) in [6.45, 7) is 4.04. The Labute approximate surface area is 121 Å². The van der Waals surface area contributed by atoms with Gasteiger partial charge in [0, 0.05) is 14.9 Å². The van der Waals surface area contributed by atoms with Crippen molar-refractivity contribution < 1.29 is 0 Å². The highest BCUT2D eigenvalue weighted by Gasteiger charge is 2.01. The zero-order valence-corrected chi connectivity index (χ0v) is 12.4. The van der Waals surface area contributed by atoms with Crippen LogP contribution in [0.5, 0.6) is 0 Å². The number of aryl methyl sites for hydroxylation is 2. The third-order valence-corrected chi connectivity index (χ3v) is 3.97. The standard InChI is InChI=1S/C15H13IN2/c1-10-3-5-14(8-15(10)16)18-13-6-4-12(9-17)11(2)7-13/h3-8,18H,1-2H3. The molecular formula is C15H13IN2. The normalized spacial score (nSPS) is 9.89. The van der Waals surface area contributed by atoms with Gasteiger partial charge >= 0.3 is 0 Å². The number of rotatable bonds is 2. The van der Waals surface area contributed by atoms with Crippen LogP contribution in [-0.4, -0.2) is 0 Å². The first-order valence-corrected chi connectivity index (χ1v) is 6.72. The van der Waals surface area contributed by atoms with Crippen LogP contribution in [-0.2, 0) is 0 Å². The van der Waals surface area contributed by atoms with Crippen LogP contribution in [0.25, 0.3) is 0 Å². The fourth-order valence-electron chi connectivity index (χ4n) is 1.70. The van der Waals surface area contributed by atoms with Crippen LogP contribution in [0.2, 0.25) is 0 Å². The van der Waals surface area contributed by atoms with Gasteiger partial charge in [-0.3, -0.25) is 0 Å². The summed E-state index contributed by atoms with van der Waals surface area (Å²) < 4.78 is 1.24. The fourth-order valence-corrected chi connectivity index (χ4v) is 2.22. The molecule has 0 atom stereocenters. The van der Waals surface area contributed by atoms with Crippen molar-refractivity contribution in [3.63, 3.8) is 0 Å². The average molecular weight is 348 g/mol. The second-order valence-electron chi connectivity index (χ2n) is 4.23. The quantitative estimate of drug-likeness (QED) is 0.810. The number of nitrogens with zero attached hydrogens (tertiary/aromatic N) is 1. The van der Waals surface area contributed by atoms with Crippen molar-refractivity contribution in [3.8, 4) is 6.07 Å². The number of nitrogens with one attached hydrogen (secondary N) is 1. The van der Waals surface area contributed by atoms with Crippen molar-refractivity contribution in [3.05, 3.63) is 56.7 Å². The van der Waals surface area contributed by atoms with E-state index >= 15 is 0 Å². The highest BCUT2D eigenvalue weighted by Crippen LogP contribution is 2.22. The highest BCUT2D eigenvalue weighted by atomic mass is 127. The average Bonchev–Trinajstić information content (AvgIpc) is 2.34. The van der Waals surface area contributed by atoms with E-state index in [-0.39, 0.29) is 0 Å². The Hall–Kier alpha value is -1.54. The van der Waals surface area contributed by atoms with Gasteiger partial charge in [0.1, 0.15) is 0 Å². The van der Waals surface area contributed by atoms with Crippen LogP contribution in [0.15, 0.2) is 36.4 Å². The molecule has 2 rings (SSSR count). The van der Waals surface area contributed by atoms with Gasteiger partial charge in [-0.2, -0.15) is 5.26 Å². The van der Waals surface area contributed by atoms with Gasteiger partial charge in [-0.1, -0.05) is 6.07 Å². The summed E-state index contributed by atoms with van der Waals surface area (Å²) in [5.41, 5.74) is 5.06. The lowest BCUT2D eigenvalue weighted by atomic mass is 10.1. The Morgan fingerprint density at radius 3 is 2.28 bits per heavy atom. The maximum atomic E-state index is 8.89. The van der Waals surface area contributed by atoms with Crippen molar-refractivity contribution >= 4 is 34.0 Å². The number of anilines is 2. The zero-order chi connectivity index (χ0) is 13.1. The molecule has 0 aromatic heterocycles. The van der Waals surface area contributed by atoms with Crippen molar-refractivity contribution in [2.24, 2.45) is 0 Å². The maximum absolute atomic E-state index is 8.89. The summed E-state index contributed by atoms with van der Waals surface area (Å²) in [5.74, 6) is 0. The molecule has 0 bridgehead atoms.